The number of nitrogens with zero attached hydrogens (tertiary/aromatic N) is 6. The summed E-state index contributed by atoms with van der Waals surface area (Å²) in [6, 6.07) is 1.05. The van der Waals surface area contributed by atoms with Crippen LogP contribution in [-0.4, -0.2) is 76.8 Å². The van der Waals surface area contributed by atoms with Crippen molar-refractivity contribution in [1.82, 2.24) is 29.8 Å². The number of nitrogens with one attached hydrogen (secondary N) is 1. The highest BCUT2D eigenvalue weighted by molar-refractivity contribution is 8.02. The van der Waals surface area contributed by atoms with E-state index in [0.717, 1.165) is 47.9 Å². The average molecular weight is 601 g/mol. The maximum atomic E-state index is 13.1. The smallest absolute Gasteiger partial charge is 0.352 e. The van der Waals surface area contributed by atoms with Gasteiger partial charge in [-0.2, -0.15) is 14.5 Å². The fraction of sp³-hybridized carbons (Fsp3) is 0.333. The van der Waals surface area contributed by atoms with Gasteiger partial charge in [0.2, 0.25) is 11.5 Å². The number of aryl methyl sites for hydroxylation is 2. The minimum atomic E-state index is -1.23. The van der Waals surface area contributed by atoms with Crippen molar-refractivity contribution in [2.24, 2.45) is 5.16 Å². The van der Waals surface area contributed by atoms with Crippen LogP contribution in [0.2, 0.25) is 0 Å². The van der Waals surface area contributed by atoms with Crippen molar-refractivity contribution in [2.75, 3.05) is 18.1 Å². The van der Waals surface area contributed by atoms with Gasteiger partial charge in [0, 0.05) is 17.3 Å². The fourth-order valence-electron chi connectivity index (χ4n) is 4.36. The molecule has 208 valence electrons. The lowest BCUT2D eigenvalue weighted by Gasteiger charge is -2.49. The molecule has 40 heavy (non-hydrogen) atoms. The van der Waals surface area contributed by atoms with E-state index in [9.17, 15) is 19.5 Å². The number of anilines is 1. The predicted molar refractivity (Wildman–Crippen MR) is 150 cm³/mol. The van der Waals surface area contributed by atoms with Gasteiger partial charge in [-0.25, -0.2) is 4.79 Å². The van der Waals surface area contributed by atoms with E-state index in [0.29, 0.717) is 11.3 Å². The first-order chi connectivity index (χ1) is 19.4. The van der Waals surface area contributed by atoms with Gasteiger partial charge in [-0.15, -0.1) is 16.9 Å². The zero-order chi connectivity index (χ0) is 28.2. The van der Waals surface area contributed by atoms with E-state index < -0.39 is 29.2 Å². The molecule has 5 rings (SSSR count). The van der Waals surface area contributed by atoms with Crippen LogP contribution in [0.5, 0.6) is 0 Å². The van der Waals surface area contributed by atoms with E-state index in [4.69, 9.17) is 10.6 Å². The minimum absolute atomic E-state index is 0.0331. The number of carboxylic acid groups (broad SMARTS) is 1. The quantitative estimate of drug-likeness (QED) is 0.0897. The molecule has 0 bridgehead atoms. The number of fused-ring (bicyclic) bond motifs is 2. The maximum absolute atomic E-state index is 13.1. The third-order valence-corrected chi connectivity index (χ3v) is 8.77. The molecule has 4 N–H and O–H groups in total. The normalized spacial score (nSPS) is 20.6. The molecule has 0 radical (unpaired) electrons. The number of thioether (sulfide) groups is 2. The molecule has 0 saturated carbocycles. The molecule has 2 atom stereocenters. The van der Waals surface area contributed by atoms with E-state index in [-0.39, 0.29) is 29.0 Å². The lowest BCUT2D eigenvalue weighted by atomic mass is 9.97. The molecular weight excluding hydrogens is 577 g/mol. The van der Waals surface area contributed by atoms with Crippen molar-refractivity contribution in [3.8, 4) is 0 Å². The molecule has 0 spiro atoms. The summed E-state index contributed by atoms with van der Waals surface area (Å²) in [5, 5.41) is 26.9. The van der Waals surface area contributed by atoms with Gasteiger partial charge >= 0.3 is 5.97 Å². The summed E-state index contributed by atoms with van der Waals surface area (Å²) in [4.78, 5) is 48.5. The number of hydrogen-bond acceptors (Lipinski definition) is 13. The molecule has 2 aromatic heterocycles. The second-order valence-electron chi connectivity index (χ2n) is 8.80. The van der Waals surface area contributed by atoms with Crippen LogP contribution >= 0.6 is 35.1 Å². The Morgan fingerprint density at radius 2 is 2.17 bits per heavy atom. The molecule has 1 aliphatic carbocycles. The molecule has 2 aromatic rings. The minimum Gasteiger partial charge on any atom is -0.477 e. The first kappa shape index (κ1) is 27.8. The van der Waals surface area contributed by atoms with E-state index in [2.05, 4.69) is 36.6 Å². The molecular formula is C24H24N8O5S3. The van der Waals surface area contributed by atoms with E-state index in [1.807, 2.05) is 6.07 Å². The molecule has 1 unspecified atom stereocenters. The number of carbonyl (C=O) groups excluding carboxylic acids is 2. The van der Waals surface area contributed by atoms with Crippen molar-refractivity contribution in [3.63, 3.8) is 0 Å². The van der Waals surface area contributed by atoms with Crippen molar-refractivity contribution < 1.29 is 24.3 Å². The van der Waals surface area contributed by atoms with Crippen LogP contribution in [-0.2, 0) is 32.1 Å². The first-order valence-corrected chi connectivity index (χ1v) is 14.9. The van der Waals surface area contributed by atoms with E-state index in [1.165, 1.54) is 40.1 Å². The number of nitrogens with two attached hydrogens (primary N) is 1. The zero-order valence-electron chi connectivity index (χ0n) is 21.0. The van der Waals surface area contributed by atoms with Crippen molar-refractivity contribution >= 4 is 63.7 Å². The van der Waals surface area contributed by atoms with Crippen LogP contribution in [0.3, 0.4) is 0 Å². The Hall–Kier alpha value is -3.76. The predicted octanol–water partition coefficient (Wildman–Crippen LogP) is 1.74. The fourth-order valence-corrected chi connectivity index (χ4v) is 6.79. The second kappa shape index (κ2) is 12.2. The van der Waals surface area contributed by atoms with Crippen molar-refractivity contribution in [2.45, 2.75) is 42.1 Å². The average Bonchev–Trinajstić information content (AvgIpc) is 3.38. The number of hydrogen-bond donors (Lipinski definition) is 3. The summed E-state index contributed by atoms with van der Waals surface area (Å²) in [6.07, 6.45) is 7.29. The number of carbonyl (C=O) groups is 3. The second-order valence-corrected chi connectivity index (χ2v) is 11.6. The van der Waals surface area contributed by atoms with Crippen LogP contribution in [0, 0.1) is 0 Å². The number of nitrogen functional groups attached to an aromatic ring is 1. The van der Waals surface area contributed by atoms with E-state index in [1.54, 1.807) is 11.5 Å². The third-order valence-electron chi connectivity index (χ3n) is 6.21. The number of carboxylic acids is 1. The van der Waals surface area contributed by atoms with Gasteiger partial charge in [-0.1, -0.05) is 29.6 Å². The number of oxime groups is 1. The van der Waals surface area contributed by atoms with Crippen molar-refractivity contribution in [3.05, 3.63) is 58.6 Å². The van der Waals surface area contributed by atoms with Gasteiger partial charge in [-0.3, -0.25) is 14.5 Å². The molecule has 0 aromatic carbocycles. The topological polar surface area (TPSA) is 186 Å². The first-order valence-electron chi connectivity index (χ1n) is 12.2. The molecule has 13 nitrogen and oxygen atoms in total. The molecule has 3 aliphatic rings. The van der Waals surface area contributed by atoms with Gasteiger partial charge in [0.15, 0.2) is 5.13 Å². The van der Waals surface area contributed by atoms with Crippen LogP contribution < -0.4 is 11.1 Å². The summed E-state index contributed by atoms with van der Waals surface area (Å²) in [5.74, 6) is -2.27. The Kier molecular flexibility index (Phi) is 8.46. The highest BCUT2D eigenvalue weighted by Crippen LogP contribution is 2.41. The Labute approximate surface area is 241 Å². The lowest BCUT2D eigenvalue weighted by molar-refractivity contribution is -0.150. The van der Waals surface area contributed by atoms with Gasteiger partial charge in [0.05, 0.1) is 5.69 Å². The molecule has 2 amide bonds. The number of β-lactam (4-membered cyclic amide) rings is 1. The standard InChI is InChI=1S/C24H24N8O5S3/c1-2-8-37-30-16(19-27-24(25)40-31-19)20(33)26-17-21(34)32-18(23(35)36)13(11-39-22(17)32)7-9-38-15-10-12-5-3-4-6-14(12)28-29-15/h2,7,9-10,17,22H,1,3-6,8,11H2,(H,26,33)(H,35,36)(H2,25,27,31)/t17?,22-/m0/s1. The van der Waals surface area contributed by atoms with Gasteiger partial charge in [0.25, 0.3) is 11.8 Å². The molecule has 1 saturated heterocycles. The third kappa shape index (κ3) is 5.73. The summed E-state index contributed by atoms with van der Waals surface area (Å²) in [7, 11) is 0. The van der Waals surface area contributed by atoms with Crippen LogP contribution in [0.1, 0.15) is 29.9 Å². The van der Waals surface area contributed by atoms with E-state index >= 15 is 0 Å². The monoisotopic (exact) mass is 600 g/mol. The highest BCUT2D eigenvalue weighted by Gasteiger charge is 2.54. The lowest BCUT2D eigenvalue weighted by Crippen LogP contribution is -2.71. The Balaban J connectivity index is 1.28. The molecule has 4 heterocycles. The SMILES string of the molecule is C=CCON=C(C(=O)NC1C(=O)N2C(C(=O)O)=C(C=CSc3cc4c(nn3)CCCC4)CS[C@@H]12)c1nsc(N)n1. The van der Waals surface area contributed by atoms with Gasteiger partial charge < -0.3 is 21.0 Å². The Morgan fingerprint density at radius 1 is 1.35 bits per heavy atom. The number of rotatable bonds is 10. The van der Waals surface area contributed by atoms with Gasteiger partial charge in [-0.05, 0) is 54.4 Å². The number of aliphatic carboxylic acids is 1. The molecule has 16 heteroatoms. The zero-order valence-corrected chi connectivity index (χ0v) is 23.4. The van der Waals surface area contributed by atoms with Crippen molar-refractivity contribution in [1.29, 1.82) is 0 Å². The number of amides is 2. The number of allylic oxidation sites excluding steroid dienone is 1. The van der Waals surface area contributed by atoms with Crippen LogP contribution in [0.15, 0.2) is 51.7 Å². The maximum Gasteiger partial charge on any atom is 0.352 e. The largest absolute Gasteiger partial charge is 0.477 e. The summed E-state index contributed by atoms with van der Waals surface area (Å²) in [6.45, 7) is 3.55. The highest BCUT2D eigenvalue weighted by atomic mass is 32.2. The van der Waals surface area contributed by atoms with Crippen LogP contribution in [0.25, 0.3) is 0 Å². The van der Waals surface area contributed by atoms with Crippen LogP contribution in [0.4, 0.5) is 5.13 Å². The molecule has 2 aliphatic heterocycles. The molecule has 1 fully saturated rings. The summed E-state index contributed by atoms with van der Waals surface area (Å²) in [5.41, 5.74) is 7.97. The summed E-state index contributed by atoms with van der Waals surface area (Å²) >= 11 is 3.56. The Bertz CT molecular complexity index is 1460. The van der Waals surface area contributed by atoms with Gasteiger partial charge in [0.1, 0.15) is 28.7 Å². The Morgan fingerprint density at radius 3 is 2.92 bits per heavy atom. The summed E-state index contributed by atoms with van der Waals surface area (Å²) < 4.78 is 3.99. The number of aromatic nitrogens is 4.